The van der Waals surface area contributed by atoms with Crippen LogP contribution >= 0.6 is 34.7 Å². The molecule has 0 atom stereocenters. The van der Waals surface area contributed by atoms with Crippen LogP contribution < -0.4 is 4.74 Å². The number of rotatable bonds is 6. The number of nitrogens with zero attached hydrogens (tertiary/aromatic N) is 1. The molecule has 0 saturated carbocycles. The van der Waals surface area contributed by atoms with E-state index in [1.54, 1.807) is 12.0 Å². The van der Waals surface area contributed by atoms with Gasteiger partial charge >= 0.3 is 0 Å². The molecule has 0 bridgehead atoms. The summed E-state index contributed by atoms with van der Waals surface area (Å²) in [5, 5.41) is 0. The molecule has 0 aliphatic rings. The van der Waals surface area contributed by atoms with Crippen molar-refractivity contribution in [2.75, 3.05) is 19.9 Å². The first-order valence-electron chi connectivity index (χ1n) is 6.33. The second-order valence-electron chi connectivity index (χ2n) is 4.42. The average molecular weight is 342 g/mol. The third kappa shape index (κ3) is 4.95. The highest BCUT2D eigenvalue weighted by Gasteiger charge is 2.11. The van der Waals surface area contributed by atoms with E-state index in [0.29, 0.717) is 12.3 Å². The van der Waals surface area contributed by atoms with Gasteiger partial charge in [-0.25, -0.2) is 0 Å². The number of ether oxygens (including phenoxy) is 1. The van der Waals surface area contributed by atoms with E-state index in [1.807, 2.05) is 43.4 Å². The van der Waals surface area contributed by atoms with Gasteiger partial charge in [-0.2, -0.15) is 0 Å². The molecule has 0 fully saturated rings. The highest BCUT2D eigenvalue weighted by Crippen LogP contribution is 2.24. The van der Waals surface area contributed by atoms with Gasteiger partial charge in [0.15, 0.2) is 0 Å². The molecule has 1 aromatic heterocycles. The Morgan fingerprint density at radius 1 is 1.38 bits per heavy atom. The van der Waals surface area contributed by atoms with Crippen molar-refractivity contribution < 1.29 is 9.53 Å². The predicted molar refractivity (Wildman–Crippen MR) is 89.5 cm³/mol. The third-order valence-corrected chi connectivity index (χ3v) is 5.05. The molecule has 2 rings (SSSR count). The SMILES string of the molecule is COc1cccc(SCC(=O)N(C)Cc2ccc(Cl)s2)c1. The predicted octanol–water partition coefficient (Wildman–Crippen LogP) is 4.16. The molecule has 1 heterocycles. The molecule has 2 aromatic rings. The molecular formula is C15H16ClNO2S2. The normalized spacial score (nSPS) is 10.4. The van der Waals surface area contributed by atoms with Crippen molar-refractivity contribution in [2.45, 2.75) is 11.4 Å². The first-order valence-corrected chi connectivity index (χ1v) is 8.51. The Bertz CT molecular complexity index is 615. The molecule has 3 nitrogen and oxygen atoms in total. The molecule has 0 unspecified atom stereocenters. The number of hydrogen-bond acceptors (Lipinski definition) is 4. The maximum absolute atomic E-state index is 12.1. The molecule has 1 aromatic carbocycles. The number of methoxy groups -OCH3 is 1. The first-order chi connectivity index (χ1) is 10.1. The molecule has 0 radical (unpaired) electrons. The fourth-order valence-electron chi connectivity index (χ4n) is 1.70. The van der Waals surface area contributed by atoms with Crippen molar-refractivity contribution in [3.05, 3.63) is 45.6 Å². The highest BCUT2D eigenvalue weighted by atomic mass is 35.5. The van der Waals surface area contributed by atoms with Crippen LogP contribution in [-0.2, 0) is 11.3 Å². The van der Waals surface area contributed by atoms with E-state index in [4.69, 9.17) is 16.3 Å². The fourth-order valence-corrected chi connectivity index (χ4v) is 3.73. The van der Waals surface area contributed by atoms with Crippen molar-refractivity contribution in [1.29, 1.82) is 0 Å². The number of hydrogen-bond donors (Lipinski definition) is 0. The lowest BCUT2D eigenvalue weighted by atomic mass is 10.3. The van der Waals surface area contributed by atoms with Crippen molar-refractivity contribution in [3.8, 4) is 5.75 Å². The van der Waals surface area contributed by atoms with E-state index in [0.717, 1.165) is 19.9 Å². The number of carbonyl (C=O) groups is 1. The molecule has 112 valence electrons. The van der Waals surface area contributed by atoms with Gasteiger partial charge in [-0.05, 0) is 30.3 Å². The molecule has 0 aliphatic heterocycles. The number of thioether (sulfide) groups is 1. The quantitative estimate of drug-likeness (QED) is 0.739. The molecule has 1 amide bonds. The zero-order valence-electron chi connectivity index (χ0n) is 11.8. The van der Waals surface area contributed by atoms with E-state index < -0.39 is 0 Å². The molecule has 0 aliphatic carbocycles. The molecule has 6 heteroatoms. The summed E-state index contributed by atoms with van der Waals surface area (Å²) in [5.74, 6) is 1.30. The van der Waals surface area contributed by atoms with Crippen LogP contribution in [-0.4, -0.2) is 30.7 Å². The summed E-state index contributed by atoms with van der Waals surface area (Å²) in [4.78, 5) is 16.0. The number of thiophene rings is 1. The Kier molecular flexibility index (Phi) is 5.96. The molecular weight excluding hydrogens is 326 g/mol. The van der Waals surface area contributed by atoms with Gasteiger partial charge in [-0.1, -0.05) is 17.7 Å². The number of amides is 1. The lowest BCUT2D eigenvalue weighted by Crippen LogP contribution is -2.27. The zero-order valence-corrected chi connectivity index (χ0v) is 14.2. The summed E-state index contributed by atoms with van der Waals surface area (Å²) in [6.45, 7) is 0.592. The van der Waals surface area contributed by atoms with Crippen LogP contribution in [0.3, 0.4) is 0 Å². The minimum Gasteiger partial charge on any atom is -0.497 e. The average Bonchev–Trinajstić information content (AvgIpc) is 2.90. The van der Waals surface area contributed by atoms with Gasteiger partial charge in [0, 0.05) is 16.8 Å². The smallest absolute Gasteiger partial charge is 0.233 e. The summed E-state index contributed by atoms with van der Waals surface area (Å²) in [7, 11) is 3.44. The van der Waals surface area contributed by atoms with Crippen molar-refractivity contribution >= 4 is 40.6 Å². The number of carbonyl (C=O) groups excluding carboxylic acids is 1. The molecule has 0 N–H and O–H groups in total. The van der Waals surface area contributed by atoms with Crippen molar-refractivity contribution in [3.63, 3.8) is 0 Å². The van der Waals surface area contributed by atoms with Crippen LogP contribution in [0.2, 0.25) is 4.34 Å². The highest BCUT2D eigenvalue weighted by molar-refractivity contribution is 8.00. The Morgan fingerprint density at radius 3 is 2.86 bits per heavy atom. The largest absolute Gasteiger partial charge is 0.497 e. The van der Waals surface area contributed by atoms with Crippen LogP contribution in [0, 0.1) is 0 Å². The molecule has 21 heavy (non-hydrogen) atoms. The Morgan fingerprint density at radius 2 is 2.19 bits per heavy atom. The topological polar surface area (TPSA) is 29.5 Å². The second kappa shape index (κ2) is 7.73. The maximum atomic E-state index is 12.1. The fraction of sp³-hybridized carbons (Fsp3) is 0.267. The van der Waals surface area contributed by atoms with Crippen LogP contribution in [0.5, 0.6) is 5.75 Å². The molecule has 0 saturated heterocycles. The van der Waals surface area contributed by atoms with Gasteiger partial charge < -0.3 is 9.64 Å². The van der Waals surface area contributed by atoms with Gasteiger partial charge in [-0.3, -0.25) is 4.79 Å². The van der Waals surface area contributed by atoms with Crippen LogP contribution in [0.15, 0.2) is 41.3 Å². The maximum Gasteiger partial charge on any atom is 0.233 e. The second-order valence-corrected chi connectivity index (χ2v) is 7.27. The number of benzene rings is 1. The lowest BCUT2D eigenvalue weighted by molar-refractivity contribution is -0.127. The van der Waals surface area contributed by atoms with E-state index >= 15 is 0 Å². The van der Waals surface area contributed by atoms with Crippen molar-refractivity contribution in [1.82, 2.24) is 4.90 Å². The summed E-state index contributed by atoms with van der Waals surface area (Å²) in [5.41, 5.74) is 0. The van der Waals surface area contributed by atoms with Gasteiger partial charge in [0.25, 0.3) is 0 Å². The van der Waals surface area contributed by atoms with Gasteiger partial charge in [0.2, 0.25) is 5.91 Å². The Balaban J connectivity index is 1.85. The van der Waals surface area contributed by atoms with Gasteiger partial charge in [0.1, 0.15) is 5.75 Å². The van der Waals surface area contributed by atoms with Crippen LogP contribution in [0.25, 0.3) is 0 Å². The zero-order chi connectivity index (χ0) is 15.2. The minimum atomic E-state index is 0.0901. The van der Waals surface area contributed by atoms with E-state index in [2.05, 4.69) is 0 Å². The Hall–Kier alpha value is -1.17. The van der Waals surface area contributed by atoms with E-state index in [-0.39, 0.29) is 5.91 Å². The third-order valence-electron chi connectivity index (χ3n) is 2.85. The van der Waals surface area contributed by atoms with Crippen LogP contribution in [0.1, 0.15) is 4.88 Å². The van der Waals surface area contributed by atoms with E-state index in [9.17, 15) is 4.79 Å². The lowest BCUT2D eigenvalue weighted by Gasteiger charge is -2.16. The summed E-state index contributed by atoms with van der Waals surface area (Å²) in [6, 6.07) is 11.5. The number of halogens is 1. The Labute approximate surface area is 137 Å². The summed E-state index contributed by atoms with van der Waals surface area (Å²) < 4.78 is 5.92. The molecule has 0 spiro atoms. The van der Waals surface area contributed by atoms with E-state index in [1.165, 1.54) is 23.1 Å². The van der Waals surface area contributed by atoms with Crippen molar-refractivity contribution in [2.24, 2.45) is 0 Å². The van der Waals surface area contributed by atoms with Crippen LogP contribution in [0.4, 0.5) is 0 Å². The van der Waals surface area contributed by atoms with Gasteiger partial charge in [0.05, 0.1) is 23.7 Å². The minimum absolute atomic E-state index is 0.0901. The summed E-state index contributed by atoms with van der Waals surface area (Å²) >= 11 is 8.90. The summed E-state index contributed by atoms with van der Waals surface area (Å²) in [6.07, 6.45) is 0. The van der Waals surface area contributed by atoms with Gasteiger partial charge in [-0.15, -0.1) is 23.1 Å². The first kappa shape index (κ1) is 16.2. The monoisotopic (exact) mass is 341 g/mol. The standard InChI is InChI=1S/C15H16ClNO2S2/c1-17(9-13-6-7-14(16)21-13)15(18)10-20-12-5-3-4-11(8-12)19-2/h3-8H,9-10H2,1-2H3.